The van der Waals surface area contributed by atoms with E-state index in [0.29, 0.717) is 0 Å². The second-order valence-corrected chi connectivity index (χ2v) is 3.59. The zero-order valence-corrected chi connectivity index (χ0v) is 8.41. The fraction of sp³-hybridized carbons (Fsp3) is 0.556. The minimum absolute atomic E-state index is 0.838. The molecule has 0 spiro atoms. The third kappa shape index (κ3) is 1.86. The maximum atomic E-state index is 5.34. The fourth-order valence-electron chi connectivity index (χ4n) is 1.26. The van der Waals surface area contributed by atoms with Gasteiger partial charge < -0.3 is 10.5 Å². The molecule has 0 radical (unpaired) electrons. The molecular weight excluding hydrogens is 170 g/mol. The van der Waals surface area contributed by atoms with Gasteiger partial charge in [0, 0.05) is 11.3 Å². The molecule has 0 aliphatic carbocycles. The molecule has 1 aromatic heterocycles. The summed E-state index contributed by atoms with van der Waals surface area (Å²) in [4.78, 5) is 1.53. The number of hydrogen-bond donors (Lipinski definition) is 1. The van der Waals surface area contributed by atoms with Crippen molar-refractivity contribution in [3.8, 4) is 0 Å². The summed E-state index contributed by atoms with van der Waals surface area (Å²) in [5, 5.41) is 2.22. The fourth-order valence-corrected chi connectivity index (χ4v) is 2.29. The zero-order valence-electron chi connectivity index (χ0n) is 7.59. The molecule has 0 atom stereocenters. The van der Waals surface area contributed by atoms with Gasteiger partial charge in [-0.3, -0.25) is 0 Å². The SMILES string of the molecule is CN.Cc1csc2c1COCC2. The van der Waals surface area contributed by atoms with Crippen LogP contribution in [0.2, 0.25) is 0 Å². The van der Waals surface area contributed by atoms with E-state index in [-0.39, 0.29) is 0 Å². The second-order valence-electron chi connectivity index (χ2n) is 2.62. The number of rotatable bonds is 0. The minimum Gasteiger partial charge on any atom is -0.376 e. The quantitative estimate of drug-likeness (QED) is 0.667. The number of thiophene rings is 1. The van der Waals surface area contributed by atoms with Crippen LogP contribution in [0, 0.1) is 6.92 Å². The molecule has 3 heteroatoms. The van der Waals surface area contributed by atoms with Gasteiger partial charge in [0.1, 0.15) is 0 Å². The van der Waals surface area contributed by atoms with Gasteiger partial charge in [0.25, 0.3) is 0 Å². The van der Waals surface area contributed by atoms with Gasteiger partial charge in [0.15, 0.2) is 0 Å². The molecule has 1 aromatic rings. The predicted octanol–water partition coefficient (Wildman–Crippen LogP) is 1.70. The molecule has 2 N–H and O–H groups in total. The Bertz CT molecular complexity index is 245. The van der Waals surface area contributed by atoms with Gasteiger partial charge in [0.05, 0.1) is 13.2 Å². The van der Waals surface area contributed by atoms with Crippen LogP contribution in [0.4, 0.5) is 0 Å². The van der Waals surface area contributed by atoms with E-state index < -0.39 is 0 Å². The Morgan fingerprint density at radius 3 is 2.92 bits per heavy atom. The summed E-state index contributed by atoms with van der Waals surface area (Å²) in [7, 11) is 1.50. The molecule has 0 fully saturated rings. The van der Waals surface area contributed by atoms with Crippen LogP contribution in [-0.2, 0) is 17.8 Å². The van der Waals surface area contributed by atoms with E-state index >= 15 is 0 Å². The maximum Gasteiger partial charge on any atom is 0.0730 e. The smallest absolute Gasteiger partial charge is 0.0730 e. The molecule has 0 unspecified atom stereocenters. The van der Waals surface area contributed by atoms with Crippen molar-refractivity contribution in [3.63, 3.8) is 0 Å². The molecule has 0 bridgehead atoms. The molecule has 68 valence electrons. The number of nitrogens with two attached hydrogens (primary N) is 1. The van der Waals surface area contributed by atoms with Crippen molar-refractivity contribution in [1.82, 2.24) is 0 Å². The van der Waals surface area contributed by atoms with E-state index in [0.717, 1.165) is 19.6 Å². The molecule has 0 aromatic carbocycles. The van der Waals surface area contributed by atoms with E-state index in [1.54, 1.807) is 0 Å². The lowest BCUT2D eigenvalue weighted by atomic mass is 10.1. The molecule has 2 heterocycles. The predicted molar refractivity (Wildman–Crippen MR) is 52.5 cm³/mol. The first-order valence-electron chi connectivity index (χ1n) is 4.09. The lowest BCUT2D eigenvalue weighted by molar-refractivity contribution is 0.112. The number of ether oxygens (including phenoxy) is 1. The van der Waals surface area contributed by atoms with Gasteiger partial charge in [0.2, 0.25) is 0 Å². The largest absolute Gasteiger partial charge is 0.376 e. The lowest BCUT2D eigenvalue weighted by Crippen LogP contribution is -2.07. The molecular formula is C9H15NOS. The number of fused-ring (bicyclic) bond motifs is 1. The molecule has 1 aliphatic rings. The van der Waals surface area contributed by atoms with E-state index in [9.17, 15) is 0 Å². The summed E-state index contributed by atoms with van der Waals surface area (Å²) < 4.78 is 5.34. The van der Waals surface area contributed by atoms with Crippen LogP contribution in [0.3, 0.4) is 0 Å². The minimum atomic E-state index is 0.838. The van der Waals surface area contributed by atoms with Crippen LogP contribution in [0.1, 0.15) is 16.0 Å². The molecule has 12 heavy (non-hydrogen) atoms. The van der Waals surface area contributed by atoms with Gasteiger partial charge in [-0.25, -0.2) is 0 Å². The van der Waals surface area contributed by atoms with Crippen LogP contribution in [0.25, 0.3) is 0 Å². The third-order valence-electron chi connectivity index (χ3n) is 1.91. The summed E-state index contributed by atoms with van der Waals surface area (Å²) in [6.45, 7) is 3.90. The standard InChI is InChI=1S/C8H10OS.CH5N/c1-6-5-10-8-2-3-9-4-7(6)8;1-2/h5H,2-4H2,1H3;2H2,1H3. The van der Waals surface area contributed by atoms with Crippen LogP contribution < -0.4 is 5.73 Å². The normalized spacial score (nSPS) is 14.6. The van der Waals surface area contributed by atoms with Gasteiger partial charge in [-0.1, -0.05) is 0 Å². The average Bonchev–Trinajstić information content (AvgIpc) is 2.53. The Morgan fingerprint density at radius 2 is 2.25 bits per heavy atom. The van der Waals surface area contributed by atoms with Crippen molar-refractivity contribution >= 4 is 11.3 Å². The number of aryl methyl sites for hydroxylation is 1. The van der Waals surface area contributed by atoms with Gasteiger partial charge >= 0.3 is 0 Å². The molecule has 1 aliphatic heterocycles. The van der Waals surface area contributed by atoms with Gasteiger partial charge in [-0.2, -0.15) is 0 Å². The molecule has 0 amide bonds. The Labute approximate surface area is 77.3 Å². The highest BCUT2D eigenvalue weighted by Crippen LogP contribution is 2.26. The summed E-state index contributed by atoms with van der Waals surface area (Å²) in [5.74, 6) is 0. The van der Waals surface area contributed by atoms with E-state index in [1.165, 1.54) is 23.1 Å². The van der Waals surface area contributed by atoms with Crippen molar-refractivity contribution in [1.29, 1.82) is 0 Å². The average molecular weight is 185 g/mol. The topological polar surface area (TPSA) is 35.2 Å². The molecule has 2 rings (SSSR count). The van der Waals surface area contributed by atoms with Crippen molar-refractivity contribution in [3.05, 3.63) is 21.4 Å². The molecule has 2 nitrogen and oxygen atoms in total. The van der Waals surface area contributed by atoms with Crippen LogP contribution >= 0.6 is 11.3 Å². The summed E-state index contributed by atoms with van der Waals surface area (Å²) in [6, 6.07) is 0. The van der Waals surface area contributed by atoms with Crippen molar-refractivity contribution in [2.45, 2.75) is 20.0 Å². The third-order valence-corrected chi connectivity index (χ3v) is 3.12. The van der Waals surface area contributed by atoms with Crippen LogP contribution in [0.5, 0.6) is 0 Å². The van der Waals surface area contributed by atoms with Crippen molar-refractivity contribution < 1.29 is 4.74 Å². The monoisotopic (exact) mass is 185 g/mol. The summed E-state index contributed by atoms with van der Waals surface area (Å²) in [5.41, 5.74) is 7.34. The Kier molecular flexibility index (Phi) is 3.72. The van der Waals surface area contributed by atoms with Gasteiger partial charge in [-0.15, -0.1) is 11.3 Å². The highest BCUT2D eigenvalue weighted by atomic mass is 32.1. The van der Waals surface area contributed by atoms with E-state index in [1.807, 2.05) is 11.3 Å². The summed E-state index contributed by atoms with van der Waals surface area (Å²) in [6.07, 6.45) is 1.12. The summed E-state index contributed by atoms with van der Waals surface area (Å²) >= 11 is 1.87. The van der Waals surface area contributed by atoms with E-state index in [4.69, 9.17) is 4.74 Å². The van der Waals surface area contributed by atoms with Crippen molar-refractivity contribution in [2.75, 3.05) is 13.7 Å². The van der Waals surface area contributed by atoms with Crippen molar-refractivity contribution in [2.24, 2.45) is 5.73 Å². The maximum absolute atomic E-state index is 5.34. The van der Waals surface area contributed by atoms with Crippen LogP contribution in [0.15, 0.2) is 5.38 Å². The van der Waals surface area contributed by atoms with Crippen LogP contribution in [-0.4, -0.2) is 13.7 Å². The second kappa shape index (κ2) is 4.60. The molecule has 0 saturated carbocycles. The molecule has 0 saturated heterocycles. The number of hydrogen-bond acceptors (Lipinski definition) is 3. The highest BCUT2D eigenvalue weighted by Gasteiger charge is 2.12. The lowest BCUT2D eigenvalue weighted by Gasteiger charge is -2.11. The Hall–Kier alpha value is -0.380. The first-order valence-corrected chi connectivity index (χ1v) is 4.97. The first-order chi connectivity index (χ1) is 5.88. The Balaban J connectivity index is 0.000000336. The van der Waals surface area contributed by atoms with Gasteiger partial charge in [-0.05, 0) is 30.5 Å². The zero-order chi connectivity index (χ0) is 8.97. The Morgan fingerprint density at radius 1 is 1.50 bits per heavy atom. The van der Waals surface area contributed by atoms with E-state index in [2.05, 4.69) is 18.0 Å². The first kappa shape index (κ1) is 9.71. The highest BCUT2D eigenvalue weighted by molar-refractivity contribution is 7.10.